The molecule has 1 aromatic carbocycles. The second-order valence-electron chi connectivity index (χ2n) is 4.70. The monoisotopic (exact) mass is 215 g/mol. The van der Waals surface area contributed by atoms with Gasteiger partial charge in [0.2, 0.25) is 5.91 Å². The molecule has 82 valence electrons. The number of carbonyl (C=O) groups excluding carboxylic acids is 1. The molecule has 16 heavy (non-hydrogen) atoms. The number of nitrogens with one attached hydrogen (secondary N) is 1. The predicted octanol–water partition coefficient (Wildman–Crippen LogP) is -0.0547. The predicted molar refractivity (Wildman–Crippen MR) is 65.0 cm³/mol. The fraction of sp³-hybridized carbons (Fsp3) is 0.417. The molecule has 3 rings (SSSR count). The summed E-state index contributed by atoms with van der Waals surface area (Å²) < 4.78 is 5.36. The van der Waals surface area contributed by atoms with Crippen molar-refractivity contribution in [3.63, 3.8) is 0 Å². The van der Waals surface area contributed by atoms with Gasteiger partial charge in [0.05, 0.1) is 5.41 Å². The van der Waals surface area contributed by atoms with Crippen LogP contribution in [0.25, 0.3) is 0 Å². The van der Waals surface area contributed by atoms with Gasteiger partial charge >= 0.3 is 0 Å². The number of hydrogen-bond donors (Lipinski definition) is 1. The number of carbonyl (C=O) groups is 1. The van der Waals surface area contributed by atoms with E-state index in [9.17, 15) is 4.79 Å². The van der Waals surface area contributed by atoms with Crippen LogP contribution in [-0.4, -0.2) is 27.0 Å². The van der Waals surface area contributed by atoms with Crippen molar-refractivity contribution < 1.29 is 9.53 Å². The maximum atomic E-state index is 12.2. The molecule has 0 aromatic heterocycles. The molecule has 0 saturated carbocycles. The Hall–Kier alpha value is -1.29. The Morgan fingerprint density at radius 1 is 1.31 bits per heavy atom. The van der Waals surface area contributed by atoms with E-state index >= 15 is 0 Å². The molecular formula is C12H14BNO2. The minimum Gasteiger partial charge on any atom is -0.381 e. The first kappa shape index (κ1) is 9.91. The third-order valence-corrected chi connectivity index (χ3v) is 3.72. The standard InChI is InChI=1S/C12H14BNO2/c13-8-1-2-9-10(7-8)14-11(15)12(9)3-5-16-6-4-12/h1-2,7H,3-6,13H2,(H,14,15). The number of fused-ring (bicyclic) bond motifs is 2. The summed E-state index contributed by atoms with van der Waals surface area (Å²) in [4.78, 5) is 12.2. The van der Waals surface area contributed by atoms with Crippen LogP contribution in [-0.2, 0) is 14.9 Å². The molecule has 2 aliphatic rings. The van der Waals surface area contributed by atoms with Crippen LogP contribution in [0.15, 0.2) is 18.2 Å². The van der Waals surface area contributed by atoms with E-state index in [1.807, 2.05) is 7.85 Å². The lowest BCUT2D eigenvalue weighted by Gasteiger charge is -2.31. The molecule has 3 nitrogen and oxygen atoms in total. The van der Waals surface area contributed by atoms with Gasteiger partial charge in [-0.05, 0) is 24.5 Å². The van der Waals surface area contributed by atoms with Gasteiger partial charge in [-0.1, -0.05) is 17.6 Å². The average molecular weight is 215 g/mol. The van der Waals surface area contributed by atoms with Crippen LogP contribution in [0.4, 0.5) is 5.69 Å². The number of ether oxygens (including phenoxy) is 1. The highest BCUT2D eigenvalue weighted by Gasteiger charge is 2.47. The van der Waals surface area contributed by atoms with Crippen molar-refractivity contribution >= 4 is 24.9 Å². The third kappa shape index (κ3) is 1.23. The van der Waals surface area contributed by atoms with E-state index in [4.69, 9.17) is 4.74 Å². The molecule has 2 heterocycles. The van der Waals surface area contributed by atoms with E-state index in [0.717, 1.165) is 24.1 Å². The van der Waals surface area contributed by atoms with Gasteiger partial charge in [0.1, 0.15) is 7.85 Å². The molecule has 4 heteroatoms. The second kappa shape index (κ2) is 3.35. The maximum Gasteiger partial charge on any atom is 0.235 e. The minimum absolute atomic E-state index is 0.149. The lowest BCUT2D eigenvalue weighted by molar-refractivity contribution is -0.124. The van der Waals surface area contributed by atoms with Crippen LogP contribution in [0.1, 0.15) is 18.4 Å². The summed E-state index contributed by atoms with van der Waals surface area (Å²) in [7, 11) is 2.04. The number of hydrogen-bond acceptors (Lipinski definition) is 2. The molecule has 1 amide bonds. The quantitative estimate of drug-likeness (QED) is 0.616. The minimum atomic E-state index is -0.318. The first-order valence-corrected chi connectivity index (χ1v) is 5.73. The third-order valence-electron chi connectivity index (χ3n) is 3.72. The summed E-state index contributed by atoms with van der Waals surface area (Å²) in [6.45, 7) is 1.36. The van der Waals surface area contributed by atoms with Crippen LogP contribution in [0.3, 0.4) is 0 Å². The summed E-state index contributed by atoms with van der Waals surface area (Å²) in [6, 6.07) is 6.22. The Kier molecular flexibility index (Phi) is 2.08. The summed E-state index contributed by atoms with van der Waals surface area (Å²) in [6.07, 6.45) is 1.60. The molecule has 0 bridgehead atoms. The number of amides is 1. The largest absolute Gasteiger partial charge is 0.381 e. The number of anilines is 1. The molecule has 0 aliphatic carbocycles. The van der Waals surface area contributed by atoms with Gasteiger partial charge in [0.25, 0.3) is 0 Å². The molecule has 2 aliphatic heterocycles. The van der Waals surface area contributed by atoms with Crippen LogP contribution < -0.4 is 10.8 Å². The van der Waals surface area contributed by atoms with Crippen molar-refractivity contribution in [2.24, 2.45) is 0 Å². The first-order chi connectivity index (χ1) is 7.72. The highest BCUT2D eigenvalue weighted by atomic mass is 16.5. The molecule has 0 atom stereocenters. The number of benzene rings is 1. The molecule has 1 N–H and O–H groups in total. The van der Waals surface area contributed by atoms with Crippen molar-refractivity contribution in [1.29, 1.82) is 0 Å². The van der Waals surface area contributed by atoms with Gasteiger partial charge in [-0.25, -0.2) is 0 Å². The average Bonchev–Trinajstić information content (AvgIpc) is 2.53. The maximum absolute atomic E-state index is 12.2. The van der Waals surface area contributed by atoms with E-state index < -0.39 is 0 Å². The molecular weight excluding hydrogens is 201 g/mol. The van der Waals surface area contributed by atoms with Crippen LogP contribution in [0, 0.1) is 0 Å². The van der Waals surface area contributed by atoms with Crippen LogP contribution >= 0.6 is 0 Å². The van der Waals surface area contributed by atoms with Crippen molar-refractivity contribution in [2.45, 2.75) is 18.3 Å². The normalized spacial score (nSPS) is 21.9. The van der Waals surface area contributed by atoms with E-state index in [-0.39, 0.29) is 11.3 Å². The molecule has 1 fully saturated rings. The molecule has 1 aromatic rings. The van der Waals surface area contributed by atoms with Gasteiger partial charge in [0.15, 0.2) is 0 Å². The Bertz CT molecular complexity index is 452. The first-order valence-electron chi connectivity index (χ1n) is 5.73. The topological polar surface area (TPSA) is 38.3 Å². The van der Waals surface area contributed by atoms with Gasteiger partial charge in [-0.15, -0.1) is 0 Å². The zero-order valence-corrected chi connectivity index (χ0v) is 9.38. The zero-order valence-electron chi connectivity index (χ0n) is 9.38. The fourth-order valence-electron chi connectivity index (χ4n) is 2.76. The van der Waals surface area contributed by atoms with E-state index in [2.05, 4.69) is 23.5 Å². The van der Waals surface area contributed by atoms with Crippen LogP contribution in [0.2, 0.25) is 0 Å². The second-order valence-corrected chi connectivity index (χ2v) is 4.70. The molecule has 1 saturated heterocycles. The van der Waals surface area contributed by atoms with Gasteiger partial charge < -0.3 is 10.1 Å². The van der Waals surface area contributed by atoms with Crippen molar-refractivity contribution in [1.82, 2.24) is 0 Å². The van der Waals surface area contributed by atoms with E-state index in [1.165, 1.54) is 5.46 Å². The Balaban J connectivity index is 2.11. The number of rotatable bonds is 0. The Morgan fingerprint density at radius 2 is 2.06 bits per heavy atom. The van der Waals surface area contributed by atoms with E-state index in [0.29, 0.717) is 13.2 Å². The highest BCUT2D eigenvalue weighted by molar-refractivity contribution is 6.33. The van der Waals surface area contributed by atoms with Gasteiger partial charge in [-0.3, -0.25) is 4.79 Å². The summed E-state index contributed by atoms with van der Waals surface area (Å²) in [5.74, 6) is 0.149. The van der Waals surface area contributed by atoms with Crippen LogP contribution in [0.5, 0.6) is 0 Å². The smallest absolute Gasteiger partial charge is 0.235 e. The SMILES string of the molecule is Bc1ccc2c(c1)NC(=O)C21CCOCC1. The zero-order chi connectivity index (χ0) is 11.2. The highest BCUT2D eigenvalue weighted by Crippen LogP contribution is 2.43. The van der Waals surface area contributed by atoms with Gasteiger partial charge in [0, 0.05) is 18.9 Å². The molecule has 1 spiro atoms. The van der Waals surface area contributed by atoms with Crippen molar-refractivity contribution in [3.8, 4) is 0 Å². The summed E-state index contributed by atoms with van der Waals surface area (Å²) >= 11 is 0. The Morgan fingerprint density at radius 3 is 2.81 bits per heavy atom. The molecule has 0 unspecified atom stereocenters. The van der Waals surface area contributed by atoms with Crippen molar-refractivity contribution in [2.75, 3.05) is 18.5 Å². The van der Waals surface area contributed by atoms with Crippen molar-refractivity contribution in [3.05, 3.63) is 23.8 Å². The fourth-order valence-corrected chi connectivity index (χ4v) is 2.76. The summed E-state index contributed by atoms with van der Waals surface area (Å²) in [5, 5.41) is 3.00. The summed E-state index contributed by atoms with van der Waals surface area (Å²) in [5.41, 5.74) is 3.02. The lowest BCUT2D eigenvalue weighted by atomic mass is 9.74. The Labute approximate surface area is 95.6 Å². The lowest BCUT2D eigenvalue weighted by Crippen LogP contribution is -2.39. The molecule has 0 radical (unpaired) electrons. The van der Waals surface area contributed by atoms with E-state index in [1.54, 1.807) is 0 Å². The van der Waals surface area contributed by atoms with Gasteiger partial charge in [-0.2, -0.15) is 0 Å².